The minimum atomic E-state index is -4.41. The number of benzene rings is 2. The molecule has 0 aliphatic rings. The van der Waals surface area contributed by atoms with Crippen LogP contribution in [-0.2, 0) is 6.18 Å². The number of rotatable bonds is 4. The Kier molecular flexibility index (Phi) is 5.16. The second kappa shape index (κ2) is 7.53. The maximum Gasteiger partial charge on any atom is 0.416 e. The Hall–Kier alpha value is -3.29. The summed E-state index contributed by atoms with van der Waals surface area (Å²) < 4.78 is 37.7. The number of alkyl halides is 3. The summed E-state index contributed by atoms with van der Waals surface area (Å²) in [6.45, 7) is 1.75. The van der Waals surface area contributed by atoms with Crippen molar-refractivity contribution in [1.82, 2.24) is 15.3 Å². The van der Waals surface area contributed by atoms with Crippen LogP contribution < -0.4 is 10.6 Å². The highest BCUT2D eigenvalue weighted by Gasteiger charge is 2.30. The van der Waals surface area contributed by atoms with Crippen LogP contribution >= 0.6 is 0 Å². The Morgan fingerprint density at radius 2 is 1.74 bits per heavy atom. The van der Waals surface area contributed by atoms with Crippen molar-refractivity contribution in [2.75, 3.05) is 5.32 Å². The molecule has 0 bridgehead atoms. The molecular weight excluding hydrogens is 357 g/mol. The Bertz CT molecular complexity index is 905. The first kappa shape index (κ1) is 18.5. The van der Waals surface area contributed by atoms with E-state index >= 15 is 0 Å². The standard InChI is InChI=1S/C19H17F3N4O/c1-12(17-23-11-16(26-17)13-5-3-2-4-6-13)24-18(27)25-15-9-7-14(8-10-15)19(20,21)22/h2-12H,1H3,(H,23,26)(H2,24,25,27). The summed E-state index contributed by atoms with van der Waals surface area (Å²) in [4.78, 5) is 19.5. The fourth-order valence-corrected chi connectivity index (χ4v) is 2.50. The molecule has 8 heteroatoms. The van der Waals surface area contributed by atoms with Gasteiger partial charge in [-0.1, -0.05) is 30.3 Å². The lowest BCUT2D eigenvalue weighted by Crippen LogP contribution is -2.31. The van der Waals surface area contributed by atoms with E-state index in [0.29, 0.717) is 5.82 Å². The Labute approximate surface area is 153 Å². The molecule has 3 rings (SSSR count). The minimum Gasteiger partial charge on any atom is -0.340 e. The van der Waals surface area contributed by atoms with Crippen molar-refractivity contribution in [3.8, 4) is 11.3 Å². The predicted octanol–water partition coefficient (Wildman–Crippen LogP) is 4.98. The number of carbonyl (C=O) groups excluding carboxylic acids is 1. The van der Waals surface area contributed by atoms with Crippen LogP contribution in [0.4, 0.5) is 23.7 Å². The van der Waals surface area contributed by atoms with Crippen molar-refractivity contribution in [2.24, 2.45) is 0 Å². The van der Waals surface area contributed by atoms with Crippen molar-refractivity contribution in [3.05, 3.63) is 72.2 Å². The summed E-state index contributed by atoms with van der Waals surface area (Å²) in [5.41, 5.74) is 1.28. The lowest BCUT2D eigenvalue weighted by Gasteiger charge is -2.13. The zero-order chi connectivity index (χ0) is 19.4. The first-order chi connectivity index (χ1) is 12.8. The maximum absolute atomic E-state index is 12.6. The SMILES string of the molecule is CC(NC(=O)Nc1ccc(C(F)(F)F)cc1)c1ncc(-c2ccccc2)[nH]1. The third-order valence-corrected chi connectivity index (χ3v) is 3.91. The lowest BCUT2D eigenvalue weighted by molar-refractivity contribution is -0.137. The van der Waals surface area contributed by atoms with Crippen LogP contribution in [0.2, 0.25) is 0 Å². The van der Waals surface area contributed by atoms with Gasteiger partial charge in [0.05, 0.1) is 23.5 Å². The van der Waals surface area contributed by atoms with Gasteiger partial charge < -0.3 is 15.6 Å². The molecule has 0 aliphatic heterocycles. The number of urea groups is 1. The number of hydrogen-bond donors (Lipinski definition) is 3. The van der Waals surface area contributed by atoms with E-state index in [4.69, 9.17) is 0 Å². The summed E-state index contributed by atoms with van der Waals surface area (Å²) >= 11 is 0. The van der Waals surface area contributed by atoms with Gasteiger partial charge in [-0.25, -0.2) is 9.78 Å². The second-order valence-electron chi connectivity index (χ2n) is 5.94. The van der Waals surface area contributed by atoms with E-state index in [-0.39, 0.29) is 5.69 Å². The molecule has 1 unspecified atom stereocenters. The molecule has 1 aromatic heterocycles. The number of amides is 2. The number of aromatic amines is 1. The highest BCUT2D eigenvalue weighted by Crippen LogP contribution is 2.29. The number of nitrogens with one attached hydrogen (secondary N) is 3. The molecule has 0 aliphatic carbocycles. The first-order valence-corrected chi connectivity index (χ1v) is 8.18. The van der Waals surface area contributed by atoms with E-state index in [0.717, 1.165) is 23.4 Å². The molecule has 2 amide bonds. The predicted molar refractivity (Wildman–Crippen MR) is 96.0 cm³/mol. The molecule has 2 aromatic carbocycles. The molecule has 0 fully saturated rings. The summed E-state index contributed by atoms with van der Waals surface area (Å²) in [6, 6.07) is 12.9. The van der Waals surface area contributed by atoms with Crippen molar-refractivity contribution >= 4 is 11.7 Å². The third kappa shape index (κ3) is 4.66. The van der Waals surface area contributed by atoms with Gasteiger partial charge in [0.25, 0.3) is 0 Å². The van der Waals surface area contributed by atoms with Gasteiger partial charge in [0.15, 0.2) is 0 Å². The summed E-state index contributed by atoms with van der Waals surface area (Å²) in [5.74, 6) is 0.566. The number of anilines is 1. The van der Waals surface area contributed by atoms with Crippen molar-refractivity contribution in [2.45, 2.75) is 19.1 Å². The molecule has 3 aromatic rings. The lowest BCUT2D eigenvalue weighted by atomic mass is 10.2. The number of hydrogen-bond acceptors (Lipinski definition) is 2. The topological polar surface area (TPSA) is 69.8 Å². The molecule has 5 nitrogen and oxygen atoms in total. The van der Waals surface area contributed by atoms with Crippen LogP contribution in [0.5, 0.6) is 0 Å². The van der Waals surface area contributed by atoms with E-state index < -0.39 is 23.8 Å². The van der Waals surface area contributed by atoms with Crippen molar-refractivity contribution in [1.29, 1.82) is 0 Å². The molecule has 0 radical (unpaired) electrons. The van der Waals surface area contributed by atoms with Crippen molar-refractivity contribution in [3.63, 3.8) is 0 Å². The fourth-order valence-electron chi connectivity index (χ4n) is 2.50. The molecule has 140 valence electrons. The quantitative estimate of drug-likeness (QED) is 0.603. The molecule has 1 atom stereocenters. The normalized spacial score (nSPS) is 12.4. The monoisotopic (exact) mass is 374 g/mol. The average molecular weight is 374 g/mol. The van der Waals surface area contributed by atoms with Gasteiger partial charge in [-0.15, -0.1) is 0 Å². The number of carbonyl (C=O) groups is 1. The Morgan fingerprint density at radius 1 is 1.07 bits per heavy atom. The molecule has 0 spiro atoms. The summed E-state index contributed by atoms with van der Waals surface area (Å²) in [6.07, 6.45) is -2.73. The maximum atomic E-state index is 12.6. The molecular formula is C19H17F3N4O. The Morgan fingerprint density at radius 3 is 2.37 bits per heavy atom. The van der Waals surface area contributed by atoms with Gasteiger partial charge in [-0.05, 0) is 36.8 Å². The molecule has 0 saturated heterocycles. The van der Waals surface area contributed by atoms with E-state index in [1.807, 2.05) is 30.3 Å². The van der Waals surface area contributed by atoms with Crippen LogP contribution in [0.1, 0.15) is 24.4 Å². The largest absolute Gasteiger partial charge is 0.416 e. The fraction of sp³-hybridized carbons (Fsp3) is 0.158. The summed E-state index contributed by atoms with van der Waals surface area (Å²) in [7, 11) is 0. The molecule has 27 heavy (non-hydrogen) atoms. The smallest absolute Gasteiger partial charge is 0.340 e. The van der Waals surface area contributed by atoms with E-state index in [2.05, 4.69) is 20.6 Å². The Balaban J connectivity index is 1.60. The number of aromatic nitrogens is 2. The van der Waals surface area contributed by atoms with Gasteiger partial charge >= 0.3 is 12.2 Å². The van der Waals surface area contributed by atoms with Gasteiger partial charge in [0.2, 0.25) is 0 Å². The van der Waals surface area contributed by atoms with Gasteiger partial charge in [-0.3, -0.25) is 0 Å². The average Bonchev–Trinajstić information content (AvgIpc) is 3.12. The summed E-state index contributed by atoms with van der Waals surface area (Å²) in [5, 5.41) is 5.19. The third-order valence-electron chi connectivity index (χ3n) is 3.91. The van der Waals surface area contributed by atoms with Gasteiger partial charge in [0.1, 0.15) is 5.82 Å². The first-order valence-electron chi connectivity index (χ1n) is 8.18. The van der Waals surface area contributed by atoms with E-state index in [1.54, 1.807) is 13.1 Å². The molecule has 0 saturated carbocycles. The highest BCUT2D eigenvalue weighted by molar-refractivity contribution is 5.89. The second-order valence-corrected chi connectivity index (χ2v) is 5.94. The minimum absolute atomic E-state index is 0.261. The van der Waals surface area contributed by atoms with E-state index in [9.17, 15) is 18.0 Å². The van der Waals surface area contributed by atoms with Crippen molar-refractivity contribution < 1.29 is 18.0 Å². The van der Waals surface area contributed by atoms with Gasteiger partial charge in [0, 0.05) is 5.69 Å². The van der Waals surface area contributed by atoms with Crippen LogP contribution in [0.15, 0.2) is 60.8 Å². The number of nitrogens with zero attached hydrogens (tertiary/aromatic N) is 1. The van der Waals surface area contributed by atoms with Gasteiger partial charge in [-0.2, -0.15) is 13.2 Å². The zero-order valence-corrected chi connectivity index (χ0v) is 14.3. The zero-order valence-electron chi connectivity index (χ0n) is 14.3. The highest BCUT2D eigenvalue weighted by atomic mass is 19.4. The van der Waals surface area contributed by atoms with Crippen LogP contribution in [0, 0.1) is 0 Å². The number of H-pyrrole nitrogens is 1. The number of imidazole rings is 1. The molecule has 3 N–H and O–H groups in total. The van der Waals surface area contributed by atoms with Crippen LogP contribution in [0.3, 0.4) is 0 Å². The van der Waals surface area contributed by atoms with Crippen LogP contribution in [-0.4, -0.2) is 16.0 Å². The molecule has 1 heterocycles. The number of halogens is 3. The van der Waals surface area contributed by atoms with Crippen LogP contribution in [0.25, 0.3) is 11.3 Å². The van der Waals surface area contributed by atoms with E-state index in [1.165, 1.54) is 12.1 Å².